The van der Waals surface area contributed by atoms with Crippen molar-refractivity contribution in [3.05, 3.63) is 58.9 Å². The molecule has 0 saturated carbocycles. The van der Waals surface area contributed by atoms with Gasteiger partial charge in [0.05, 0.1) is 10.9 Å². The molecule has 1 atom stereocenters. The second kappa shape index (κ2) is 7.29. The van der Waals surface area contributed by atoms with Gasteiger partial charge in [-0.15, -0.1) is 0 Å². The van der Waals surface area contributed by atoms with E-state index in [0.29, 0.717) is 10.7 Å². The average molecular weight is 371 g/mol. The number of amides is 1. The molecular formula is C16H16ClFN2O3S. The Morgan fingerprint density at radius 2 is 1.79 bits per heavy atom. The monoisotopic (exact) mass is 370 g/mol. The summed E-state index contributed by atoms with van der Waals surface area (Å²) >= 11 is 5.85. The van der Waals surface area contributed by atoms with Crippen LogP contribution in [-0.2, 0) is 14.8 Å². The topological polar surface area (TPSA) is 75.3 Å². The fourth-order valence-corrected chi connectivity index (χ4v) is 3.41. The summed E-state index contributed by atoms with van der Waals surface area (Å²) in [4.78, 5) is 12.1. The van der Waals surface area contributed by atoms with Crippen molar-refractivity contribution < 1.29 is 17.6 Å². The Morgan fingerprint density at radius 1 is 1.17 bits per heavy atom. The van der Waals surface area contributed by atoms with E-state index in [4.69, 9.17) is 11.6 Å². The summed E-state index contributed by atoms with van der Waals surface area (Å²) in [5.74, 6) is -1.07. The van der Waals surface area contributed by atoms with Gasteiger partial charge in [-0.3, -0.25) is 4.79 Å². The third kappa shape index (κ3) is 4.53. The third-order valence-electron chi connectivity index (χ3n) is 3.30. The van der Waals surface area contributed by atoms with Gasteiger partial charge in [-0.2, -0.15) is 4.72 Å². The normalized spacial score (nSPS) is 12.7. The van der Waals surface area contributed by atoms with Crippen molar-refractivity contribution >= 4 is 33.2 Å². The average Bonchev–Trinajstić information content (AvgIpc) is 2.50. The number of rotatable bonds is 5. The van der Waals surface area contributed by atoms with Gasteiger partial charge in [0.15, 0.2) is 0 Å². The molecule has 2 rings (SSSR count). The van der Waals surface area contributed by atoms with Crippen LogP contribution in [0.25, 0.3) is 0 Å². The summed E-state index contributed by atoms with van der Waals surface area (Å²) in [6, 6.07) is 8.26. The maximum atomic E-state index is 12.9. The minimum Gasteiger partial charge on any atom is -0.324 e. The molecule has 0 fully saturated rings. The first-order valence-corrected chi connectivity index (χ1v) is 8.90. The fraction of sp³-hybridized carbons (Fsp3) is 0.188. The van der Waals surface area contributed by atoms with Crippen molar-refractivity contribution in [1.29, 1.82) is 0 Å². The first-order valence-electron chi connectivity index (χ1n) is 7.04. The van der Waals surface area contributed by atoms with Crippen molar-refractivity contribution in [3.8, 4) is 0 Å². The first kappa shape index (κ1) is 18.4. The van der Waals surface area contributed by atoms with E-state index >= 15 is 0 Å². The molecule has 0 heterocycles. The molecule has 0 aliphatic rings. The van der Waals surface area contributed by atoms with Crippen LogP contribution in [0.1, 0.15) is 12.5 Å². The summed E-state index contributed by atoms with van der Waals surface area (Å²) < 4.78 is 39.5. The van der Waals surface area contributed by atoms with E-state index in [-0.39, 0.29) is 4.90 Å². The van der Waals surface area contributed by atoms with Crippen LogP contribution in [-0.4, -0.2) is 20.4 Å². The summed E-state index contributed by atoms with van der Waals surface area (Å²) in [5, 5.41) is 3.17. The number of anilines is 1. The van der Waals surface area contributed by atoms with E-state index in [0.717, 1.165) is 29.8 Å². The Bertz CT molecular complexity index is 854. The standard InChI is InChI=1S/C16H16ClFN2O3S/c1-10-9-12(17)3-8-15(10)19-16(21)11(2)20-24(22,23)14-6-4-13(18)5-7-14/h3-9,11,20H,1-2H3,(H,19,21)/t11-/m0/s1. The van der Waals surface area contributed by atoms with Gasteiger partial charge in [-0.25, -0.2) is 12.8 Å². The zero-order valence-corrected chi connectivity index (χ0v) is 14.6. The molecule has 0 aliphatic carbocycles. The molecule has 2 aromatic carbocycles. The van der Waals surface area contributed by atoms with Crippen molar-refractivity contribution in [1.82, 2.24) is 4.72 Å². The maximum Gasteiger partial charge on any atom is 0.242 e. The van der Waals surface area contributed by atoms with E-state index in [9.17, 15) is 17.6 Å². The maximum absolute atomic E-state index is 12.9. The summed E-state index contributed by atoms with van der Waals surface area (Å²) in [5.41, 5.74) is 1.29. The summed E-state index contributed by atoms with van der Waals surface area (Å²) in [6.07, 6.45) is 0. The van der Waals surface area contributed by atoms with Gasteiger partial charge in [-0.1, -0.05) is 11.6 Å². The second-order valence-electron chi connectivity index (χ2n) is 5.25. The molecule has 128 valence electrons. The van der Waals surface area contributed by atoms with Crippen molar-refractivity contribution in [2.45, 2.75) is 24.8 Å². The van der Waals surface area contributed by atoms with E-state index in [1.165, 1.54) is 6.92 Å². The van der Waals surface area contributed by atoms with Gasteiger partial charge in [0, 0.05) is 10.7 Å². The molecule has 8 heteroatoms. The summed E-state index contributed by atoms with van der Waals surface area (Å²) in [7, 11) is -3.93. The molecule has 2 aromatic rings. The molecule has 5 nitrogen and oxygen atoms in total. The fourth-order valence-electron chi connectivity index (χ4n) is 1.98. The van der Waals surface area contributed by atoms with E-state index < -0.39 is 27.8 Å². The van der Waals surface area contributed by atoms with Gasteiger partial charge in [0.1, 0.15) is 5.82 Å². The Balaban J connectivity index is 2.09. The number of aryl methyl sites for hydroxylation is 1. The lowest BCUT2D eigenvalue weighted by Crippen LogP contribution is -2.41. The zero-order chi connectivity index (χ0) is 17.9. The SMILES string of the molecule is Cc1cc(Cl)ccc1NC(=O)[C@H](C)NS(=O)(=O)c1ccc(F)cc1. The third-order valence-corrected chi connectivity index (χ3v) is 5.09. The number of sulfonamides is 1. The number of carbonyl (C=O) groups excluding carboxylic acids is 1. The van der Waals surface area contributed by atoms with Crippen LogP contribution in [0.4, 0.5) is 10.1 Å². The lowest BCUT2D eigenvalue weighted by molar-refractivity contribution is -0.117. The smallest absolute Gasteiger partial charge is 0.242 e. The molecule has 0 unspecified atom stereocenters. The highest BCUT2D eigenvalue weighted by molar-refractivity contribution is 7.89. The van der Waals surface area contributed by atoms with Crippen molar-refractivity contribution in [2.75, 3.05) is 5.32 Å². The molecule has 1 amide bonds. The van der Waals surface area contributed by atoms with Crippen LogP contribution in [0, 0.1) is 12.7 Å². The minimum atomic E-state index is -3.93. The number of halogens is 2. The Kier molecular flexibility index (Phi) is 5.58. The zero-order valence-electron chi connectivity index (χ0n) is 13.0. The Hall–Kier alpha value is -1.96. The second-order valence-corrected chi connectivity index (χ2v) is 7.40. The molecule has 0 bridgehead atoms. The molecule has 0 spiro atoms. The van der Waals surface area contributed by atoms with Crippen molar-refractivity contribution in [3.63, 3.8) is 0 Å². The predicted octanol–water partition coefficient (Wildman–Crippen LogP) is 3.09. The van der Waals surface area contributed by atoms with Gasteiger partial charge in [0.25, 0.3) is 0 Å². The van der Waals surface area contributed by atoms with Crippen LogP contribution in [0.2, 0.25) is 5.02 Å². The lowest BCUT2D eigenvalue weighted by atomic mass is 10.2. The Morgan fingerprint density at radius 3 is 2.38 bits per heavy atom. The van der Waals surface area contributed by atoms with E-state index in [2.05, 4.69) is 10.0 Å². The number of hydrogen-bond donors (Lipinski definition) is 2. The number of nitrogens with one attached hydrogen (secondary N) is 2. The number of carbonyl (C=O) groups is 1. The van der Waals surface area contributed by atoms with Gasteiger partial charge in [0.2, 0.25) is 15.9 Å². The molecule has 24 heavy (non-hydrogen) atoms. The van der Waals surface area contributed by atoms with Crippen LogP contribution in [0.3, 0.4) is 0 Å². The molecular weight excluding hydrogens is 355 g/mol. The summed E-state index contributed by atoms with van der Waals surface area (Å²) in [6.45, 7) is 3.19. The minimum absolute atomic E-state index is 0.119. The van der Waals surface area contributed by atoms with Gasteiger partial charge < -0.3 is 5.32 Å². The highest BCUT2D eigenvalue weighted by atomic mass is 35.5. The lowest BCUT2D eigenvalue weighted by Gasteiger charge is -2.15. The predicted molar refractivity (Wildman–Crippen MR) is 91.0 cm³/mol. The van der Waals surface area contributed by atoms with Crippen LogP contribution in [0.15, 0.2) is 47.4 Å². The number of benzene rings is 2. The van der Waals surface area contributed by atoms with Crippen molar-refractivity contribution in [2.24, 2.45) is 0 Å². The molecule has 0 aliphatic heterocycles. The molecule has 0 radical (unpaired) electrons. The Labute approximate surface area is 144 Å². The highest BCUT2D eigenvalue weighted by Gasteiger charge is 2.22. The highest BCUT2D eigenvalue weighted by Crippen LogP contribution is 2.20. The van der Waals surface area contributed by atoms with Crippen LogP contribution < -0.4 is 10.0 Å². The van der Waals surface area contributed by atoms with Crippen LogP contribution >= 0.6 is 11.6 Å². The first-order chi connectivity index (χ1) is 11.2. The largest absolute Gasteiger partial charge is 0.324 e. The molecule has 0 aromatic heterocycles. The molecule has 0 saturated heterocycles. The molecule has 2 N–H and O–H groups in total. The number of hydrogen-bond acceptors (Lipinski definition) is 3. The van der Waals surface area contributed by atoms with E-state index in [1.54, 1.807) is 25.1 Å². The van der Waals surface area contributed by atoms with Gasteiger partial charge >= 0.3 is 0 Å². The van der Waals surface area contributed by atoms with E-state index in [1.807, 2.05) is 0 Å². The van der Waals surface area contributed by atoms with Crippen LogP contribution in [0.5, 0.6) is 0 Å². The quantitative estimate of drug-likeness (QED) is 0.849. The van der Waals surface area contributed by atoms with Gasteiger partial charge in [-0.05, 0) is 61.9 Å².